The van der Waals surface area contributed by atoms with Crippen LogP contribution in [0, 0.1) is 5.92 Å². The third kappa shape index (κ3) is 5.14. The van der Waals surface area contributed by atoms with Gasteiger partial charge >= 0.3 is 11.9 Å². The van der Waals surface area contributed by atoms with E-state index in [1.807, 2.05) is 30.3 Å². The Balaban J connectivity index is 1.51. The summed E-state index contributed by atoms with van der Waals surface area (Å²) in [5.74, 6) is -4.15. The number of rotatable bonds is 6. The smallest absolute Gasteiger partial charge is 0.324 e. The Labute approximate surface area is 228 Å². The van der Waals surface area contributed by atoms with Crippen LogP contribution in [-0.2, 0) is 25.7 Å². The van der Waals surface area contributed by atoms with Gasteiger partial charge in [-0.05, 0) is 47.0 Å². The van der Waals surface area contributed by atoms with Crippen molar-refractivity contribution in [2.45, 2.75) is 32.2 Å². The zero-order chi connectivity index (χ0) is 26.3. The average molecular weight is 559 g/mol. The van der Waals surface area contributed by atoms with E-state index in [4.69, 9.17) is 49.0 Å². The van der Waals surface area contributed by atoms with Crippen molar-refractivity contribution in [3.8, 4) is 5.75 Å². The summed E-state index contributed by atoms with van der Waals surface area (Å²) >= 11 is 18.7. The van der Waals surface area contributed by atoms with E-state index in [0.717, 1.165) is 22.0 Å². The van der Waals surface area contributed by atoms with Gasteiger partial charge in [0.25, 0.3) is 5.79 Å². The van der Waals surface area contributed by atoms with Gasteiger partial charge in [-0.25, -0.2) is 0 Å². The second kappa shape index (κ2) is 9.93. The van der Waals surface area contributed by atoms with Gasteiger partial charge in [-0.3, -0.25) is 9.59 Å². The quantitative estimate of drug-likeness (QED) is 0.199. The van der Waals surface area contributed by atoms with Gasteiger partial charge in [0.15, 0.2) is 5.92 Å². The Kier molecular flexibility index (Phi) is 6.84. The molecule has 0 aliphatic carbocycles. The second-order valence-corrected chi connectivity index (χ2v) is 10.4. The molecule has 5 rings (SSSR count). The lowest BCUT2D eigenvalue weighted by Crippen LogP contribution is -2.48. The van der Waals surface area contributed by atoms with Crippen molar-refractivity contribution >= 4 is 57.6 Å². The number of carbonyl (C=O) groups is 2. The summed E-state index contributed by atoms with van der Waals surface area (Å²) < 4.78 is 16.8. The molecule has 1 atom stereocenters. The van der Waals surface area contributed by atoms with Crippen molar-refractivity contribution in [1.29, 1.82) is 0 Å². The number of aromatic amines is 1. The van der Waals surface area contributed by atoms with E-state index in [1.54, 1.807) is 36.5 Å². The number of H-pyrrole nitrogens is 1. The fraction of sp³-hybridized carbons (Fsp3) is 0.214. The molecule has 4 aromatic rings. The molecule has 1 fully saturated rings. The van der Waals surface area contributed by atoms with E-state index in [1.165, 1.54) is 13.8 Å². The Morgan fingerprint density at radius 1 is 0.919 bits per heavy atom. The van der Waals surface area contributed by atoms with E-state index < -0.39 is 29.6 Å². The lowest BCUT2D eigenvalue weighted by Gasteiger charge is -2.36. The molecule has 0 spiro atoms. The number of fused-ring (bicyclic) bond motifs is 1. The van der Waals surface area contributed by atoms with E-state index in [-0.39, 0.29) is 6.61 Å². The molecule has 1 N–H and O–H groups in total. The molecule has 9 heteroatoms. The van der Waals surface area contributed by atoms with E-state index >= 15 is 0 Å². The Morgan fingerprint density at radius 2 is 1.65 bits per heavy atom. The Morgan fingerprint density at radius 3 is 2.35 bits per heavy atom. The molecular weight excluding hydrogens is 537 g/mol. The van der Waals surface area contributed by atoms with Gasteiger partial charge in [-0.2, -0.15) is 0 Å². The maximum Gasteiger partial charge on any atom is 0.324 e. The molecule has 2 heterocycles. The van der Waals surface area contributed by atoms with Crippen LogP contribution in [0.4, 0.5) is 0 Å². The highest BCUT2D eigenvalue weighted by Gasteiger charge is 2.48. The number of ether oxygens (including phenoxy) is 3. The number of hydrogen-bond acceptors (Lipinski definition) is 5. The van der Waals surface area contributed by atoms with Crippen LogP contribution in [0.5, 0.6) is 5.75 Å². The molecule has 190 valence electrons. The summed E-state index contributed by atoms with van der Waals surface area (Å²) in [6.45, 7) is 3.27. The molecule has 0 radical (unpaired) electrons. The molecule has 6 nitrogen and oxygen atoms in total. The monoisotopic (exact) mass is 557 g/mol. The highest BCUT2D eigenvalue weighted by Crippen LogP contribution is 2.42. The number of carbonyl (C=O) groups excluding carboxylic acids is 2. The number of nitrogens with one attached hydrogen (secondary N) is 1. The van der Waals surface area contributed by atoms with Gasteiger partial charge in [0.05, 0.1) is 15.1 Å². The van der Waals surface area contributed by atoms with Crippen molar-refractivity contribution in [2.75, 3.05) is 0 Å². The Bertz CT molecular complexity index is 1490. The maximum absolute atomic E-state index is 13.1. The predicted octanol–water partition coefficient (Wildman–Crippen LogP) is 7.29. The molecule has 1 aromatic heterocycles. The van der Waals surface area contributed by atoms with E-state index in [9.17, 15) is 9.59 Å². The minimum absolute atomic E-state index is 0.220. The van der Waals surface area contributed by atoms with Crippen molar-refractivity contribution in [2.24, 2.45) is 5.92 Å². The van der Waals surface area contributed by atoms with Crippen molar-refractivity contribution in [3.63, 3.8) is 0 Å². The lowest BCUT2D eigenvalue weighted by atomic mass is 9.80. The highest BCUT2D eigenvalue weighted by molar-refractivity contribution is 6.42. The fourth-order valence-corrected chi connectivity index (χ4v) is 5.09. The zero-order valence-electron chi connectivity index (χ0n) is 19.9. The minimum atomic E-state index is -1.34. The molecule has 0 bridgehead atoms. The summed E-state index contributed by atoms with van der Waals surface area (Å²) in [4.78, 5) is 29.5. The standard InChI is InChI=1S/C28H22Cl3NO5/c1-28(2)36-26(33)25(27(34)37-28)24(18-13-32-22-6-4-3-5-17(18)22)16-8-10-23(21(31)12-16)35-14-15-7-9-19(29)20(30)11-15/h3-13,24-25,32H,14H2,1-2H3/t24-/m1/s1. The number of para-hydroxylation sites is 1. The number of hydrogen-bond donors (Lipinski definition) is 1. The molecule has 1 aliphatic rings. The number of esters is 2. The summed E-state index contributed by atoms with van der Waals surface area (Å²) in [5, 5.41) is 2.08. The van der Waals surface area contributed by atoms with Gasteiger partial charge in [0, 0.05) is 36.9 Å². The molecule has 0 saturated carbocycles. The van der Waals surface area contributed by atoms with Gasteiger partial charge in [-0.15, -0.1) is 0 Å². The number of cyclic esters (lactones) is 2. The first-order chi connectivity index (χ1) is 17.6. The lowest BCUT2D eigenvalue weighted by molar-refractivity contribution is -0.240. The third-order valence-electron chi connectivity index (χ3n) is 6.18. The highest BCUT2D eigenvalue weighted by atomic mass is 35.5. The molecule has 37 heavy (non-hydrogen) atoms. The first kappa shape index (κ1) is 25.5. The molecular formula is C28H22Cl3NO5. The maximum atomic E-state index is 13.1. The van der Waals surface area contributed by atoms with Gasteiger partial charge < -0.3 is 19.2 Å². The minimum Gasteiger partial charge on any atom is -0.487 e. The Hall–Kier alpha value is -3.19. The van der Waals surface area contributed by atoms with Crippen molar-refractivity contribution < 1.29 is 23.8 Å². The number of aromatic nitrogens is 1. The van der Waals surface area contributed by atoms with Crippen LogP contribution in [0.25, 0.3) is 10.9 Å². The average Bonchev–Trinajstić information content (AvgIpc) is 3.26. The van der Waals surface area contributed by atoms with Gasteiger partial charge in [-0.1, -0.05) is 65.1 Å². The molecule has 3 aromatic carbocycles. The van der Waals surface area contributed by atoms with Crippen LogP contribution in [0.15, 0.2) is 66.9 Å². The van der Waals surface area contributed by atoms with Crippen LogP contribution in [-0.4, -0.2) is 22.7 Å². The van der Waals surface area contributed by atoms with Crippen LogP contribution in [0.2, 0.25) is 15.1 Å². The molecule has 1 saturated heterocycles. The third-order valence-corrected chi connectivity index (χ3v) is 7.22. The summed E-state index contributed by atoms with van der Waals surface area (Å²) in [6, 6.07) is 18.1. The van der Waals surface area contributed by atoms with E-state index in [0.29, 0.717) is 26.4 Å². The summed E-state index contributed by atoms with van der Waals surface area (Å²) in [6.07, 6.45) is 1.79. The van der Waals surface area contributed by atoms with E-state index in [2.05, 4.69) is 4.98 Å². The van der Waals surface area contributed by atoms with Crippen LogP contribution >= 0.6 is 34.8 Å². The second-order valence-electron chi connectivity index (χ2n) is 9.21. The predicted molar refractivity (Wildman–Crippen MR) is 142 cm³/mol. The summed E-state index contributed by atoms with van der Waals surface area (Å²) in [5.41, 5.74) is 3.07. The SMILES string of the molecule is CC1(C)OC(=O)C([C@H](c2ccc(OCc3ccc(Cl)c(Cl)c3)c(Cl)c2)c2c[nH]c3ccccc23)C(=O)O1. The largest absolute Gasteiger partial charge is 0.487 e. The van der Waals surface area contributed by atoms with Crippen LogP contribution in [0.3, 0.4) is 0 Å². The molecule has 1 aliphatic heterocycles. The first-order valence-corrected chi connectivity index (χ1v) is 12.6. The zero-order valence-corrected chi connectivity index (χ0v) is 22.2. The first-order valence-electron chi connectivity index (χ1n) is 11.5. The van der Waals surface area contributed by atoms with Gasteiger partial charge in [0.2, 0.25) is 0 Å². The van der Waals surface area contributed by atoms with Gasteiger partial charge in [0.1, 0.15) is 12.4 Å². The van der Waals surface area contributed by atoms with Crippen LogP contribution < -0.4 is 4.74 Å². The van der Waals surface area contributed by atoms with Crippen molar-refractivity contribution in [3.05, 3.63) is 98.6 Å². The summed E-state index contributed by atoms with van der Waals surface area (Å²) in [7, 11) is 0. The topological polar surface area (TPSA) is 77.6 Å². The van der Waals surface area contributed by atoms with Crippen LogP contribution in [0.1, 0.15) is 36.5 Å². The number of benzene rings is 3. The molecule has 0 amide bonds. The van der Waals surface area contributed by atoms with Crippen molar-refractivity contribution in [1.82, 2.24) is 4.98 Å². The number of halogens is 3. The fourth-order valence-electron chi connectivity index (χ4n) is 4.52. The normalized spacial score (nSPS) is 16.4. The molecule has 0 unspecified atom stereocenters.